The van der Waals surface area contributed by atoms with Crippen molar-refractivity contribution in [2.24, 2.45) is 0 Å². The minimum Gasteiger partial charge on any atom is -0.493 e. The molecule has 0 heterocycles. The average Bonchev–Trinajstić information content (AvgIpc) is 2.42. The van der Waals surface area contributed by atoms with E-state index in [9.17, 15) is 5.26 Å². The van der Waals surface area contributed by atoms with Gasteiger partial charge in [-0.05, 0) is 63.8 Å². The molecule has 3 nitrogen and oxygen atoms in total. The summed E-state index contributed by atoms with van der Waals surface area (Å²) in [4.78, 5) is 0. The third-order valence-corrected chi connectivity index (χ3v) is 3.49. The van der Waals surface area contributed by atoms with Crippen molar-refractivity contribution in [3.05, 3.63) is 29.3 Å². The number of rotatable bonds is 8. The van der Waals surface area contributed by atoms with Gasteiger partial charge in [-0.2, -0.15) is 5.26 Å². The van der Waals surface area contributed by atoms with Gasteiger partial charge in [-0.25, -0.2) is 0 Å². The van der Waals surface area contributed by atoms with Crippen molar-refractivity contribution in [1.29, 1.82) is 5.26 Å². The molecule has 1 N–H and O–H groups in total. The lowest BCUT2D eigenvalue weighted by Gasteiger charge is -2.22. The third kappa shape index (κ3) is 5.22. The molecule has 1 unspecified atom stereocenters. The Morgan fingerprint density at radius 2 is 2.05 bits per heavy atom. The lowest BCUT2D eigenvalue weighted by atomic mass is 9.97. The van der Waals surface area contributed by atoms with Gasteiger partial charge in [0.1, 0.15) is 11.3 Å². The van der Waals surface area contributed by atoms with Crippen molar-refractivity contribution in [1.82, 2.24) is 5.32 Å². The average molecular weight is 274 g/mol. The van der Waals surface area contributed by atoms with Gasteiger partial charge in [-0.15, -0.1) is 0 Å². The Morgan fingerprint density at radius 1 is 1.30 bits per heavy atom. The molecule has 0 saturated carbocycles. The normalized spacial score (nSPS) is 13.6. The summed E-state index contributed by atoms with van der Waals surface area (Å²) in [6.45, 7) is 9.65. The maximum absolute atomic E-state index is 9.17. The molecule has 110 valence electrons. The van der Waals surface area contributed by atoms with Crippen LogP contribution >= 0.6 is 0 Å². The molecule has 0 amide bonds. The van der Waals surface area contributed by atoms with E-state index in [1.165, 1.54) is 11.1 Å². The standard InChI is InChI=1S/C17H26N2O/c1-5-19-17(4,13-18)10-6-7-11-20-16-12-14(2)8-9-15(16)3/h8-9,12,19H,5-7,10-11H2,1-4H3. The van der Waals surface area contributed by atoms with Crippen molar-refractivity contribution >= 4 is 0 Å². The molecule has 1 aromatic rings. The van der Waals surface area contributed by atoms with E-state index in [4.69, 9.17) is 4.74 Å². The molecule has 0 aliphatic carbocycles. The van der Waals surface area contributed by atoms with Crippen LogP contribution in [0.15, 0.2) is 18.2 Å². The molecule has 3 heteroatoms. The first-order valence-corrected chi connectivity index (χ1v) is 7.37. The molecule has 0 aliphatic heterocycles. The summed E-state index contributed by atoms with van der Waals surface area (Å²) in [5.41, 5.74) is 1.98. The van der Waals surface area contributed by atoms with Gasteiger partial charge in [-0.1, -0.05) is 19.1 Å². The van der Waals surface area contributed by atoms with E-state index in [-0.39, 0.29) is 0 Å². The first kappa shape index (κ1) is 16.5. The quantitative estimate of drug-likeness (QED) is 0.734. The molecular formula is C17H26N2O. The zero-order chi connectivity index (χ0) is 15.0. The first-order chi connectivity index (χ1) is 9.50. The zero-order valence-electron chi connectivity index (χ0n) is 13.1. The summed E-state index contributed by atoms with van der Waals surface area (Å²) < 4.78 is 5.82. The molecule has 0 aliphatic rings. The van der Waals surface area contributed by atoms with Crippen LogP contribution in [0.3, 0.4) is 0 Å². The number of hydrogen-bond donors (Lipinski definition) is 1. The molecule has 0 radical (unpaired) electrons. The predicted molar refractivity (Wildman–Crippen MR) is 83.0 cm³/mol. The fourth-order valence-electron chi connectivity index (χ4n) is 2.20. The SMILES string of the molecule is CCNC(C)(C#N)CCCCOc1cc(C)ccc1C. The number of ether oxygens (including phenoxy) is 1. The molecule has 20 heavy (non-hydrogen) atoms. The van der Waals surface area contributed by atoms with Crippen LogP contribution in [0.5, 0.6) is 5.75 Å². The van der Waals surface area contributed by atoms with Crippen LogP contribution in [0.4, 0.5) is 0 Å². The van der Waals surface area contributed by atoms with Crippen molar-refractivity contribution in [3.8, 4) is 11.8 Å². The monoisotopic (exact) mass is 274 g/mol. The Morgan fingerprint density at radius 3 is 2.70 bits per heavy atom. The molecule has 0 spiro atoms. The lowest BCUT2D eigenvalue weighted by Crippen LogP contribution is -2.40. The van der Waals surface area contributed by atoms with Crippen LogP contribution < -0.4 is 10.1 Å². The molecule has 1 atom stereocenters. The van der Waals surface area contributed by atoms with Gasteiger partial charge in [0.25, 0.3) is 0 Å². The minimum absolute atomic E-state index is 0.409. The van der Waals surface area contributed by atoms with E-state index in [0.717, 1.165) is 31.6 Å². The van der Waals surface area contributed by atoms with Gasteiger partial charge in [0, 0.05) is 0 Å². The van der Waals surface area contributed by atoms with E-state index in [1.54, 1.807) is 0 Å². The zero-order valence-corrected chi connectivity index (χ0v) is 13.1. The van der Waals surface area contributed by atoms with Crippen LogP contribution in [-0.2, 0) is 0 Å². The number of nitrogens with zero attached hydrogens (tertiary/aromatic N) is 1. The molecule has 0 bridgehead atoms. The highest BCUT2D eigenvalue weighted by Gasteiger charge is 2.21. The summed E-state index contributed by atoms with van der Waals surface area (Å²) in [6.07, 6.45) is 2.81. The summed E-state index contributed by atoms with van der Waals surface area (Å²) in [5, 5.41) is 12.4. The fourth-order valence-corrected chi connectivity index (χ4v) is 2.20. The number of unbranched alkanes of at least 4 members (excludes halogenated alkanes) is 1. The maximum Gasteiger partial charge on any atom is 0.122 e. The second-order valence-electron chi connectivity index (χ2n) is 5.55. The smallest absolute Gasteiger partial charge is 0.122 e. The van der Waals surface area contributed by atoms with E-state index >= 15 is 0 Å². The summed E-state index contributed by atoms with van der Waals surface area (Å²) in [7, 11) is 0. The van der Waals surface area contributed by atoms with Crippen molar-refractivity contribution in [2.45, 2.75) is 52.5 Å². The highest BCUT2D eigenvalue weighted by atomic mass is 16.5. The summed E-state index contributed by atoms with van der Waals surface area (Å²) in [6, 6.07) is 8.61. The Bertz CT molecular complexity index is 465. The molecule has 1 aromatic carbocycles. The van der Waals surface area contributed by atoms with Crippen molar-refractivity contribution < 1.29 is 4.74 Å². The minimum atomic E-state index is -0.409. The third-order valence-electron chi connectivity index (χ3n) is 3.49. The van der Waals surface area contributed by atoms with E-state index in [1.807, 2.05) is 13.8 Å². The van der Waals surface area contributed by atoms with Crippen molar-refractivity contribution in [2.75, 3.05) is 13.2 Å². The Labute approximate surface area is 123 Å². The first-order valence-electron chi connectivity index (χ1n) is 7.37. The predicted octanol–water partition coefficient (Wildman–Crippen LogP) is 3.74. The number of hydrogen-bond acceptors (Lipinski definition) is 3. The van der Waals surface area contributed by atoms with Crippen LogP contribution in [0, 0.1) is 25.2 Å². The largest absolute Gasteiger partial charge is 0.493 e. The molecule has 0 saturated heterocycles. The van der Waals surface area contributed by atoms with Crippen LogP contribution in [0.2, 0.25) is 0 Å². The van der Waals surface area contributed by atoms with E-state index in [0.29, 0.717) is 6.61 Å². The summed E-state index contributed by atoms with van der Waals surface area (Å²) >= 11 is 0. The molecular weight excluding hydrogens is 248 g/mol. The Balaban J connectivity index is 2.32. The van der Waals surface area contributed by atoms with Gasteiger partial charge >= 0.3 is 0 Å². The molecule has 1 rings (SSSR count). The molecule has 0 fully saturated rings. The fraction of sp³-hybridized carbons (Fsp3) is 0.588. The number of benzene rings is 1. The Kier molecular flexibility index (Phi) is 6.54. The van der Waals surface area contributed by atoms with Gasteiger partial charge in [0.05, 0.1) is 12.7 Å². The second-order valence-corrected chi connectivity index (χ2v) is 5.55. The van der Waals surface area contributed by atoms with Gasteiger partial charge in [0.15, 0.2) is 0 Å². The highest BCUT2D eigenvalue weighted by Crippen LogP contribution is 2.20. The van der Waals surface area contributed by atoms with Crippen LogP contribution in [-0.4, -0.2) is 18.7 Å². The van der Waals surface area contributed by atoms with Gasteiger partial charge in [-0.3, -0.25) is 5.32 Å². The van der Waals surface area contributed by atoms with E-state index in [2.05, 4.69) is 43.4 Å². The van der Waals surface area contributed by atoms with Crippen LogP contribution in [0.1, 0.15) is 44.2 Å². The topological polar surface area (TPSA) is 45.0 Å². The molecule has 0 aromatic heterocycles. The Hall–Kier alpha value is -1.53. The summed E-state index contributed by atoms with van der Waals surface area (Å²) in [5.74, 6) is 0.972. The number of nitrogens with one attached hydrogen (secondary N) is 1. The second kappa shape index (κ2) is 7.91. The number of aryl methyl sites for hydroxylation is 2. The van der Waals surface area contributed by atoms with Gasteiger partial charge in [0.2, 0.25) is 0 Å². The van der Waals surface area contributed by atoms with Crippen LogP contribution in [0.25, 0.3) is 0 Å². The lowest BCUT2D eigenvalue weighted by molar-refractivity contribution is 0.294. The number of nitriles is 1. The van der Waals surface area contributed by atoms with Gasteiger partial charge < -0.3 is 4.74 Å². The highest BCUT2D eigenvalue weighted by molar-refractivity contribution is 5.35. The maximum atomic E-state index is 9.17. The van der Waals surface area contributed by atoms with E-state index < -0.39 is 5.54 Å². The van der Waals surface area contributed by atoms with Crippen molar-refractivity contribution in [3.63, 3.8) is 0 Å².